The van der Waals surface area contributed by atoms with Crippen molar-refractivity contribution in [2.24, 2.45) is 35.1 Å². The number of imidazole rings is 1. The molecule has 0 radical (unpaired) electrons. The minimum absolute atomic E-state index is 0.00157. The molecule has 3 unspecified atom stereocenters. The molecule has 1 aromatic carbocycles. The molecule has 0 bridgehead atoms. The summed E-state index contributed by atoms with van der Waals surface area (Å²) in [5.41, 5.74) is 11.6. The molecule has 2 saturated carbocycles. The van der Waals surface area contributed by atoms with Crippen LogP contribution in [0.4, 0.5) is 9.59 Å². The Kier molecular flexibility index (Phi) is 10.8. The Hall–Kier alpha value is -3.48. The number of H-pyrrole nitrogens is 1. The number of aryl methyl sites for hydroxylation is 1. The highest BCUT2D eigenvalue weighted by molar-refractivity contribution is 5.85. The van der Waals surface area contributed by atoms with Crippen molar-refractivity contribution in [3.8, 4) is 0 Å². The van der Waals surface area contributed by atoms with Crippen molar-refractivity contribution in [3.63, 3.8) is 0 Å². The number of amides is 3. The number of primary amides is 2. The first-order valence-corrected chi connectivity index (χ1v) is 16.3. The summed E-state index contributed by atoms with van der Waals surface area (Å²) < 4.78 is 11.6. The highest BCUT2D eigenvalue weighted by Gasteiger charge is 2.60. The summed E-state index contributed by atoms with van der Waals surface area (Å²) in [6.07, 6.45) is 5.87. The van der Waals surface area contributed by atoms with Gasteiger partial charge in [0.25, 0.3) is 0 Å². The fourth-order valence-corrected chi connectivity index (χ4v) is 7.86. The molecular weight excluding hydrogens is 578 g/mol. The number of carbonyl (C=O) groups is 3. The average molecular weight is 626 g/mol. The minimum Gasteiger partial charge on any atom is -0.390 e. The maximum Gasteiger partial charge on any atom is 0.419 e. The van der Waals surface area contributed by atoms with Gasteiger partial charge in [0.15, 0.2) is 0 Å². The summed E-state index contributed by atoms with van der Waals surface area (Å²) in [5.74, 6) is -2.13. The number of hydrogen-bond acceptors (Lipinski definition) is 8. The van der Waals surface area contributed by atoms with E-state index < -0.39 is 53.8 Å². The quantitative estimate of drug-likeness (QED) is 0.210. The van der Waals surface area contributed by atoms with E-state index in [4.69, 9.17) is 20.9 Å². The third-order valence-corrected chi connectivity index (χ3v) is 10.2. The average Bonchev–Trinajstić information content (AvgIpc) is 3.76. The second kappa shape index (κ2) is 14.7. The van der Waals surface area contributed by atoms with Crippen molar-refractivity contribution in [2.75, 3.05) is 13.2 Å². The molecule has 2 heterocycles. The molecule has 1 saturated heterocycles. The lowest BCUT2D eigenvalue weighted by atomic mass is 9.64. The third-order valence-electron chi connectivity index (χ3n) is 10.2. The number of aromatic nitrogens is 2. The van der Waals surface area contributed by atoms with E-state index in [1.807, 2.05) is 30.3 Å². The van der Waals surface area contributed by atoms with Crippen LogP contribution in [0.1, 0.15) is 69.0 Å². The lowest BCUT2D eigenvalue weighted by molar-refractivity contribution is -0.192. The van der Waals surface area contributed by atoms with Crippen LogP contribution in [0, 0.1) is 23.7 Å². The number of rotatable bonds is 13. The zero-order valence-corrected chi connectivity index (χ0v) is 25.8. The molecule has 12 heteroatoms. The Morgan fingerprint density at radius 3 is 2.44 bits per heavy atom. The molecular formula is C33H47N5O7. The number of hydrogen-bond donors (Lipinski definition) is 5. The van der Waals surface area contributed by atoms with Crippen molar-refractivity contribution in [1.82, 2.24) is 14.9 Å². The number of ether oxygens (including phenoxy) is 2. The number of aromatic amines is 1. The number of aliphatic hydroxyl groups excluding tert-OH is 2. The zero-order chi connectivity index (χ0) is 32.0. The van der Waals surface area contributed by atoms with Crippen molar-refractivity contribution >= 4 is 18.1 Å². The Labute approximate surface area is 263 Å². The van der Waals surface area contributed by atoms with Crippen molar-refractivity contribution in [2.45, 2.75) is 94.5 Å². The fourth-order valence-electron chi connectivity index (χ4n) is 7.86. The normalized spacial score (nSPS) is 25.2. The molecule has 3 fully saturated rings. The largest absolute Gasteiger partial charge is 0.419 e. The molecule has 12 nitrogen and oxygen atoms in total. The lowest BCUT2D eigenvalue weighted by Crippen LogP contribution is -2.72. The predicted molar refractivity (Wildman–Crippen MR) is 164 cm³/mol. The van der Waals surface area contributed by atoms with Crippen LogP contribution in [0.3, 0.4) is 0 Å². The van der Waals surface area contributed by atoms with Gasteiger partial charge >= 0.3 is 12.2 Å². The van der Waals surface area contributed by atoms with E-state index in [0.717, 1.165) is 50.5 Å². The van der Waals surface area contributed by atoms with E-state index in [2.05, 4.69) is 9.97 Å². The molecule has 3 amide bonds. The van der Waals surface area contributed by atoms with Crippen LogP contribution in [-0.4, -0.2) is 80.2 Å². The van der Waals surface area contributed by atoms with Gasteiger partial charge in [-0.25, -0.2) is 14.6 Å². The number of nitrogens with zero attached hydrogens (tertiary/aromatic N) is 2. The number of carbonyl (C=O) groups excluding carboxylic acids is 3. The fraction of sp³-hybridized carbons (Fsp3) is 0.636. The SMILES string of the molecule is NC(=O)OC(=O)N1CCOC([C@@H](CC2CCCCC2)[C@@H](O)[C@@H](O)C2CC2)C1(CCc1ccccc1)C(Cc1cnc[nH]1)C(N)=O. The van der Waals surface area contributed by atoms with E-state index in [1.54, 1.807) is 6.20 Å². The van der Waals surface area contributed by atoms with E-state index in [-0.39, 0.29) is 37.8 Å². The maximum absolute atomic E-state index is 13.8. The van der Waals surface area contributed by atoms with Gasteiger partial charge < -0.3 is 36.1 Å². The molecule has 7 N–H and O–H groups in total. The number of morpholine rings is 1. The van der Waals surface area contributed by atoms with E-state index in [0.29, 0.717) is 18.5 Å². The first kappa shape index (κ1) is 32.9. The van der Waals surface area contributed by atoms with Crippen molar-refractivity contribution in [1.29, 1.82) is 0 Å². The molecule has 1 aliphatic heterocycles. The van der Waals surface area contributed by atoms with Gasteiger partial charge in [0.1, 0.15) is 0 Å². The molecule has 2 aliphatic carbocycles. The summed E-state index contributed by atoms with van der Waals surface area (Å²) in [6.45, 7) is 0.0656. The lowest BCUT2D eigenvalue weighted by Gasteiger charge is -2.57. The molecule has 5 rings (SSSR count). The molecule has 45 heavy (non-hydrogen) atoms. The van der Waals surface area contributed by atoms with Gasteiger partial charge in [0.2, 0.25) is 5.91 Å². The van der Waals surface area contributed by atoms with Crippen molar-refractivity contribution in [3.05, 3.63) is 54.1 Å². The van der Waals surface area contributed by atoms with Crippen LogP contribution in [0.25, 0.3) is 0 Å². The molecule has 3 aliphatic rings. The molecule has 0 spiro atoms. The van der Waals surface area contributed by atoms with Gasteiger partial charge in [0.05, 0.1) is 42.7 Å². The monoisotopic (exact) mass is 625 g/mol. The zero-order valence-electron chi connectivity index (χ0n) is 25.8. The summed E-state index contributed by atoms with van der Waals surface area (Å²) in [7, 11) is 0. The van der Waals surface area contributed by atoms with Crippen LogP contribution in [-0.2, 0) is 27.1 Å². The minimum atomic E-state index is -1.48. The van der Waals surface area contributed by atoms with Crippen LogP contribution in [0.15, 0.2) is 42.9 Å². The van der Waals surface area contributed by atoms with Crippen LogP contribution >= 0.6 is 0 Å². The van der Waals surface area contributed by atoms with Gasteiger partial charge in [-0.1, -0.05) is 62.4 Å². The summed E-state index contributed by atoms with van der Waals surface area (Å²) in [5, 5.41) is 23.3. The second-order valence-electron chi connectivity index (χ2n) is 13.1. The molecule has 6 atom stereocenters. The molecule has 246 valence electrons. The van der Waals surface area contributed by atoms with Gasteiger partial charge in [-0.05, 0) is 49.5 Å². The maximum atomic E-state index is 13.8. The Balaban J connectivity index is 1.66. The summed E-state index contributed by atoms with van der Waals surface area (Å²) in [4.78, 5) is 47.9. The van der Waals surface area contributed by atoms with Gasteiger partial charge in [-0.15, -0.1) is 0 Å². The third kappa shape index (κ3) is 7.67. The predicted octanol–water partition coefficient (Wildman–Crippen LogP) is 3.06. The van der Waals surface area contributed by atoms with E-state index >= 15 is 0 Å². The Bertz CT molecular complexity index is 1270. The standard InChI is InChI=1S/C33H47N5O7/c34-30(41)26(18-24-19-36-20-37-24)33(14-13-21-7-3-1-4-8-21)29(44-16-15-38(33)32(43)45-31(35)42)25(17-22-9-5-2-6-10-22)28(40)27(39)23-11-12-23/h1,3-4,7-8,19-20,22-23,25-29,39-40H,2,5-6,9-18H2,(H2,34,41)(H2,35,42)(H,36,37)/t25-,26?,27-,28+,29?,33?/m0/s1. The highest BCUT2D eigenvalue weighted by Crippen LogP contribution is 2.47. The summed E-state index contributed by atoms with van der Waals surface area (Å²) in [6, 6.07) is 9.64. The van der Waals surface area contributed by atoms with Gasteiger partial charge in [-0.3, -0.25) is 9.69 Å². The first-order valence-electron chi connectivity index (χ1n) is 16.3. The van der Waals surface area contributed by atoms with E-state index in [9.17, 15) is 24.6 Å². The second-order valence-corrected chi connectivity index (χ2v) is 13.1. The van der Waals surface area contributed by atoms with Gasteiger partial charge in [0, 0.05) is 30.8 Å². The topological polar surface area (TPSA) is 194 Å². The smallest absolute Gasteiger partial charge is 0.390 e. The Morgan fingerprint density at radius 2 is 1.82 bits per heavy atom. The Morgan fingerprint density at radius 1 is 1.09 bits per heavy atom. The number of nitrogens with one attached hydrogen (secondary N) is 1. The molecule has 1 aromatic heterocycles. The van der Waals surface area contributed by atoms with Crippen LogP contribution in [0.2, 0.25) is 0 Å². The number of nitrogens with two attached hydrogens (primary N) is 2. The van der Waals surface area contributed by atoms with Crippen LogP contribution in [0.5, 0.6) is 0 Å². The van der Waals surface area contributed by atoms with Crippen LogP contribution < -0.4 is 11.5 Å². The van der Waals surface area contributed by atoms with E-state index in [1.165, 1.54) is 11.2 Å². The highest BCUT2D eigenvalue weighted by atomic mass is 16.6. The van der Waals surface area contributed by atoms with Gasteiger partial charge in [-0.2, -0.15) is 0 Å². The number of benzene rings is 1. The van der Waals surface area contributed by atoms with Crippen molar-refractivity contribution < 1.29 is 34.1 Å². The summed E-state index contributed by atoms with van der Waals surface area (Å²) >= 11 is 0. The molecule has 2 aromatic rings. The number of aliphatic hydroxyl groups is 2. The first-order chi connectivity index (χ1) is 21.7.